The van der Waals surface area contributed by atoms with E-state index in [4.69, 9.17) is 0 Å². The second-order valence-corrected chi connectivity index (χ2v) is 3.35. The molecule has 0 aliphatic rings. The third kappa shape index (κ3) is 3.24. The van der Waals surface area contributed by atoms with E-state index in [9.17, 15) is 14.0 Å². The van der Waals surface area contributed by atoms with Crippen molar-refractivity contribution in [1.82, 2.24) is 0 Å². The van der Waals surface area contributed by atoms with Gasteiger partial charge in [-0.3, -0.25) is 4.79 Å². The molecule has 3 nitrogen and oxygen atoms in total. The van der Waals surface area contributed by atoms with Crippen molar-refractivity contribution in [3.05, 3.63) is 41.7 Å². The average Bonchev–Trinajstić information content (AvgIpc) is 2.37. The Morgan fingerprint density at radius 3 is 2.35 bits per heavy atom. The summed E-state index contributed by atoms with van der Waals surface area (Å²) in [5.41, 5.74) is 0.686. The molecule has 0 saturated carbocycles. The van der Waals surface area contributed by atoms with E-state index in [1.54, 1.807) is 37.3 Å². The van der Waals surface area contributed by atoms with Gasteiger partial charge in [0.15, 0.2) is 5.83 Å². The van der Waals surface area contributed by atoms with E-state index in [1.807, 2.05) is 0 Å². The average molecular weight is 236 g/mol. The highest BCUT2D eigenvalue weighted by atomic mass is 19.1. The SMILES string of the molecule is CCOC(=O)C(=O)/C(F)=C(\C)c1ccccc1. The fourth-order valence-corrected chi connectivity index (χ4v) is 1.27. The highest BCUT2D eigenvalue weighted by Gasteiger charge is 2.22. The molecular weight excluding hydrogens is 223 g/mol. The minimum atomic E-state index is -1.24. The van der Waals surface area contributed by atoms with Crippen molar-refractivity contribution in [3.63, 3.8) is 0 Å². The van der Waals surface area contributed by atoms with Crippen molar-refractivity contribution in [1.29, 1.82) is 0 Å². The summed E-state index contributed by atoms with van der Waals surface area (Å²) in [7, 11) is 0. The van der Waals surface area contributed by atoms with Crippen molar-refractivity contribution < 1.29 is 18.7 Å². The quantitative estimate of drug-likeness (QED) is 0.458. The molecule has 1 aromatic rings. The Labute approximate surface area is 98.9 Å². The maximum Gasteiger partial charge on any atom is 0.382 e. The number of halogens is 1. The Bertz CT molecular complexity index is 449. The van der Waals surface area contributed by atoms with E-state index in [0.29, 0.717) is 5.56 Å². The van der Waals surface area contributed by atoms with Crippen LogP contribution in [0.25, 0.3) is 5.57 Å². The molecule has 0 saturated heterocycles. The van der Waals surface area contributed by atoms with E-state index in [1.165, 1.54) is 6.92 Å². The van der Waals surface area contributed by atoms with Gasteiger partial charge in [-0.1, -0.05) is 30.3 Å². The van der Waals surface area contributed by atoms with E-state index in [-0.39, 0.29) is 12.2 Å². The number of rotatable bonds is 4. The first-order chi connectivity index (χ1) is 8.07. The molecule has 0 radical (unpaired) electrons. The largest absolute Gasteiger partial charge is 0.460 e. The summed E-state index contributed by atoms with van der Waals surface area (Å²) < 4.78 is 18.1. The van der Waals surface area contributed by atoms with Crippen LogP contribution in [0.2, 0.25) is 0 Å². The fourth-order valence-electron chi connectivity index (χ4n) is 1.27. The van der Waals surface area contributed by atoms with Crippen molar-refractivity contribution in [3.8, 4) is 0 Å². The molecule has 0 unspecified atom stereocenters. The van der Waals surface area contributed by atoms with Crippen LogP contribution in [0.3, 0.4) is 0 Å². The van der Waals surface area contributed by atoms with Crippen LogP contribution in [0.1, 0.15) is 19.4 Å². The van der Waals surface area contributed by atoms with Crippen LogP contribution in [0.4, 0.5) is 4.39 Å². The second kappa shape index (κ2) is 5.94. The molecule has 0 amide bonds. The summed E-state index contributed by atoms with van der Waals surface area (Å²) in [4.78, 5) is 22.4. The van der Waals surface area contributed by atoms with Crippen molar-refractivity contribution in [2.24, 2.45) is 0 Å². The lowest BCUT2D eigenvalue weighted by Crippen LogP contribution is -2.18. The fraction of sp³-hybridized carbons (Fsp3) is 0.231. The lowest BCUT2D eigenvalue weighted by Gasteiger charge is -2.03. The summed E-state index contributed by atoms with van der Waals surface area (Å²) in [6.07, 6.45) is 0. The molecule has 1 rings (SSSR count). The van der Waals surface area contributed by atoms with Gasteiger partial charge in [-0.05, 0) is 25.0 Å². The molecule has 0 aliphatic heterocycles. The topological polar surface area (TPSA) is 43.4 Å². The smallest absolute Gasteiger partial charge is 0.382 e. The van der Waals surface area contributed by atoms with E-state index < -0.39 is 17.6 Å². The van der Waals surface area contributed by atoms with Gasteiger partial charge in [0.1, 0.15) is 0 Å². The third-order valence-corrected chi connectivity index (χ3v) is 2.20. The summed E-state index contributed by atoms with van der Waals surface area (Å²) in [6.45, 7) is 3.04. The lowest BCUT2D eigenvalue weighted by molar-refractivity contribution is -0.152. The third-order valence-electron chi connectivity index (χ3n) is 2.20. The molecule has 0 bridgehead atoms. The number of ketones is 1. The van der Waals surface area contributed by atoms with Crippen LogP contribution in [0, 0.1) is 0 Å². The Kier molecular flexibility index (Phi) is 4.57. The van der Waals surface area contributed by atoms with Gasteiger partial charge in [0.25, 0.3) is 5.78 Å². The molecule has 0 atom stereocenters. The zero-order chi connectivity index (χ0) is 12.8. The van der Waals surface area contributed by atoms with Crippen LogP contribution in [-0.2, 0) is 14.3 Å². The Balaban J connectivity index is 2.98. The number of ether oxygens (including phenoxy) is 1. The number of benzene rings is 1. The summed E-state index contributed by atoms with van der Waals surface area (Å²) in [5.74, 6) is -3.48. The first-order valence-corrected chi connectivity index (χ1v) is 5.21. The van der Waals surface area contributed by atoms with Crippen LogP contribution in [-0.4, -0.2) is 18.4 Å². The van der Waals surface area contributed by atoms with Crippen LogP contribution in [0.15, 0.2) is 36.2 Å². The molecule has 1 aromatic carbocycles. The number of carbonyl (C=O) groups excluding carboxylic acids is 2. The molecule has 0 N–H and O–H groups in total. The van der Waals surface area contributed by atoms with Gasteiger partial charge >= 0.3 is 5.97 Å². The molecule has 0 aromatic heterocycles. The van der Waals surface area contributed by atoms with Gasteiger partial charge in [-0.25, -0.2) is 9.18 Å². The minimum Gasteiger partial charge on any atom is -0.460 e. The Morgan fingerprint density at radius 1 is 1.24 bits per heavy atom. The molecule has 0 spiro atoms. The number of esters is 1. The molecule has 0 fully saturated rings. The van der Waals surface area contributed by atoms with Crippen LogP contribution >= 0.6 is 0 Å². The Hall–Kier alpha value is -1.97. The van der Waals surface area contributed by atoms with Gasteiger partial charge in [-0.15, -0.1) is 0 Å². The highest BCUT2D eigenvalue weighted by Crippen LogP contribution is 2.19. The molecule has 0 heterocycles. The standard InChI is InChI=1S/C13H13FO3/c1-3-17-13(16)12(15)11(14)9(2)10-7-5-4-6-8-10/h4-8H,3H2,1-2H3/b11-9-. The van der Waals surface area contributed by atoms with Gasteiger partial charge < -0.3 is 4.74 Å². The van der Waals surface area contributed by atoms with E-state index in [0.717, 1.165) is 0 Å². The summed E-state index contributed by atoms with van der Waals surface area (Å²) >= 11 is 0. The first kappa shape index (κ1) is 13.1. The number of hydrogen-bond acceptors (Lipinski definition) is 3. The predicted octanol–water partition coefficient (Wildman–Crippen LogP) is 2.52. The zero-order valence-electron chi connectivity index (χ0n) is 9.70. The highest BCUT2D eigenvalue weighted by molar-refractivity contribution is 6.41. The van der Waals surface area contributed by atoms with Crippen LogP contribution < -0.4 is 0 Å². The van der Waals surface area contributed by atoms with Gasteiger partial charge in [-0.2, -0.15) is 0 Å². The second-order valence-electron chi connectivity index (χ2n) is 3.35. The number of Topliss-reactive ketones (excluding diaryl/α,β-unsaturated/α-hetero) is 1. The predicted molar refractivity (Wildman–Crippen MR) is 61.8 cm³/mol. The van der Waals surface area contributed by atoms with Gasteiger partial charge in [0.05, 0.1) is 6.61 Å². The van der Waals surface area contributed by atoms with E-state index in [2.05, 4.69) is 4.74 Å². The Morgan fingerprint density at radius 2 is 1.82 bits per heavy atom. The first-order valence-electron chi connectivity index (χ1n) is 5.21. The lowest BCUT2D eigenvalue weighted by atomic mass is 10.1. The minimum absolute atomic E-state index is 0.0439. The monoisotopic (exact) mass is 236 g/mol. The number of hydrogen-bond donors (Lipinski definition) is 0. The normalized spacial score (nSPS) is 11.7. The van der Waals surface area contributed by atoms with Crippen LogP contribution in [0.5, 0.6) is 0 Å². The van der Waals surface area contributed by atoms with Crippen molar-refractivity contribution >= 4 is 17.3 Å². The zero-order valence-corrected chi connectivity index (χ0v) is 9.70. The van der Waals surface area contributed by atoms with Gasteiger partial charge in [0, 0.05) is 0 Å². The van der Waals surface area contributed by atoms with Crippen molar-refractivity contribution in [2.75, 3.05) is 6.61 Å². The maximum atomic E-state index is 13.7. The number of allylic oxidation sites excluding steroid dienone is 1. The maximum absolute atomic E-state index is 13.7. The molecule has 17 heavy (non-hydrogen) atoms. The summed E-state index contributed by atoms with van der Waals surface area (Å²) in [6, 6.07) is 8.55. The van der Waals surface area contributed by atoms with E-state index >= 15 is 0 Å². The molecular formula is C13H13FO3. The molecule has 4 heteroatoms. The molecule has 0 aliphatic carbocycles. The summed E-state index contributed by atoms with van der Waals surface area (Å²) in [5, 5.41) is 0. The number of carbonyl (C=O) groups is 2. The molecule has 90 valence electrons. The van der Waals surface area contributed by atoms with Gasteiger partial charge in [0.2, 0.25) is 0 Å². The van der Waals surface area contributed by atoms with Crippen molar-refractivity contribution in [2.45, 2.75) is 13.8 Å².